The minimum absolute atomic E-state index is 0.110. The average molecular weight is 431 g/mol. The predicted molar refractivity (Wildman–Crippen MR) is 119 cm³/mol. The maximum atomic E-state index is 12.9. The van der Waals surface area contributed by atoms with Crippen LogP contribution in [0.25, 0.3) is 11.0 Å². The molecule has 30 heavy (non-hydrogen) atoms. The standard InChI is InChI=1S/C21H26N4O4S/c1-5-6-9-25-20(27)19-16(10-13(2)22-19)24-21(25)30-12-18(26)23-15-8-7-14(28-3)11-17(15)29-4/h7-8,10-11,22H,5-6,9,12H2,1-4H3,(H,23,26). The highest BCUT2D eigenvalue weighted by Crippen LogP contribution is 2.29. The average Bonchev–Trinajstić information content (AvgIpc) is 3.12. The number of thioether (sulfide) groups is 1. The van der Waals surface area contributed by atoms with Gasteiger partial charge in [0, 0.05) is 18.3 Å². The van der Waals surface area contributed by atoms with Crippen molar-refractivity contribution in [1.82, 2.24) is 14.5 Å². The third-order valence-electron chi connectivity index (χ3n) is 4.59. The summed E-state index contributed by atoms with van der Waals surface area (Å²) in [4.78, 5) is 33.1. The first-order valence-electron chi connectivity index (χ1n) is 9.71. The third kappa shape index (κ3) is 4.79. The largest absolute Gasteiger partial charge is 0.497 e. The Bertz CT molecular complexity index is 1110. The summed E-state index contributed by atoms with van der Waals surface area (Å²) < 4.78 is 12.1. The van der Waals surface area contributed by atoms with Crippen molar-refractivity contribution in [2.45, 2.75) is 38.4 Å². The van der Waals surface area contributed by atoms with Crippen LogP contribution in [0.3, 0.4) is 0 Å². The van der Waals surface area contributed by atoms with Gasteiger partial charge in [0.25, 0.3) is 5.56 Å². The molecular weight excluding hydrogens is 404 g/mol. The van der Waals surface area contributed by atoms with E-state index in [0.29, 0.717) is 39.9 Å². The molecule has 8 nitrogen and oxygen atoms in total. The lowest BCUT2D eigenvalue weighted by molar-refractivity contribution is -0.113. The van der Waals surface area contributed by atoms with E-state index in [1.54, 1.807) is 29.9 Å². The Labute approximate surface area is 179 Å². The maximum Gasteiger partial charge on any atom is 0.278 e. The molecular formula is C21H26N4O4S. The number of amides is 1. The van der Waals surface area contributed by atoms with Crippen LogP contribution in [-0.4, -0.2) is 40.4 Å². The number of aryl methyl sites for hydroxylation is 1. The number of aromatic amines is 1. The van der Waals surface area contributed by atoms with Crippen molar-refractivity contribution in [2.75, 3.05) is 25.3 Å². The minimum Gasteiger partial charge on any atom is -0.497 e. The highest BCUT2D eigenvalue weighted by atomic mass is 32.2. The molecule has 0 bridgehead atoms. The number of fused-ring (bicyclic) bond motifs is 1. The molecule has 2 aromatic heterocycles. The lowest BCUT2D eigenvalue weighted by Crippen LogP contribution is -2.24. The molecule has 0 aliphatic carbocycles. The number of carbonyl (C=O) groups is 1. The van der Waals surface area contributed by atoms with Crippen molar-refractivity contribution in [1.29, 1.82) is 0 Å². The van der Waals surface area contributed by atoms with Crippen LogP contribution in [0.2, 0.25) is 0 Å². The van der Waals surface area contributed by atoms with Gasteiger partial charge in [0.1, 0.15) is 17.0 Å². The molecule has 0 radical (unpaired) electrons. The monoisotopic (exact) mass is 430 g/mol. The number of anilines is 1. The van der Waals surface area contributed by atoms with Gasteiger partial charge in [-0.25, -0.2) is 4.98 Å². The first kappa shape index (κ1) is 21.8. The van der Waals surface area contributed by atoms with Gasteiger partial charge in [-0.1, -0.05) is 25.1 Å². The number of carbonyl (C=O) groups excluding carboxylic acids is 1. The second-order valence-electron chi connectivity index (χ2n) is 6.82. The zero-order valence-corrected chi connectivity index (χ0v) is 18.4. The molecule has 160 valence electrons. The van der Waals surface area contributed by atoms with Crippen molar-refractivity contribution in [2.24, 2.45) is 0 Å². The number of hydrogen-bond donors (Lipinski definition) is 2. The molecule has 3 aromatic rings. The number of H-pyrrole nitrogens is 1. The van der Waals surface area contributed by atoms with E-state index < -0.39 is 0 Å². The second-order valence-corrected chi connectivity index (χ2v) is 7.76. The number of unbranched alkanes of at least 4 members (excludes halogenated alkanes) is 1. The molecule has 0 saturated carbocycles. The van der Waals surface area contributed by atoms with Crippen molar-refractivity contribution in [3.05, 3.63) is 40.3 Å². The fraction of sp³-hybridized carbons (Fsp3) is 0.381. The highest BCUT2D eigenvalue weighted by Gasteiger charge is 2.15. The van der Waals surface area contributed by atoms with E-state index >= 15 is 0 Å². The number of rotatable bonds is 9. The van der Waals surface area contributed by atoms with Gasteiger partial charge in [0.15, 0.2) is 5.16 Å². The molecule has 0 saturated heterocycles. The normalized spacial score (nSPS) is 10.9. The van der Waals surface area contributed by atoms with Crippen molar-refractivity contribution < 1.29 is 14.3 Å². The number of nitrogens with one attached hydrogen (secondary N) is 2. The van der Waals surface area contributed by atoms with Crippen LogP contribution in [-0.2, 0) is 11.3 Å². The molecule has 9 heteroatoms. The maximum absolute atomic E-state index is 12.9. The molecule has 0 aliphatic heterocycles. The quantitative estimate of drug-likeness (QED) is 0.398. The Balaban J connectivity index is 1.79. The summed E-state index contributed by atoms with van der Waals surface area (Å²) >= 11 is 1.24. The molecule has 1 aromatic carbocycles. The van der Waals surface area contributed by atoms with Crippen molar-refractivity contribution in [3.8, 4) is 11.5 Å². The summed E-state index contributed by atoms with van der Waals surface area (Å²) in [6, 6.07) is 7.02. The number of aromatic nitrogens is 3. The molecule has 0 spiro atoms. The Hall–Kier alpha value is -2.94. The van der Waals surface area contributed by atoms with Crippen molar-refractivity contribution in [3.63, 3.8) is 0 Å². The molecule has 3 rings (SSSR count). The number of methoxy groups -OCH3 is 2. The zero-order valence-electron chi connectivity index (χ0n) is 17.6. The fourth-order valence-corrected chi connectivity index (χ4v) is 3.88. The number of ether oxygens (including phenoxy) is 2. The van der Waals surface area contributed by atoms with Gasteiger partial charge in [-0.3, -0.25) is 14.2 Å². The van der Waals surface area contributed by atoms with E-state index in [1.807, 2.05) is 13.0 Å². The van der Waals surface area contributed by atoms with Crippen LogP contribution in [0.15, 0.2) is 34.2 Å². The molecule has 2 N–H and O–H groups in total. The van der Waals surface area contributed by atoms with Crippen LogP contribution < -0.4 is 20.3 Å². The van der Waals surface area contributed by atoms with Crippen LogP contribution >= 0.6 is 11.8 Å². The molecule has 0 atom stereocenters. The van der Waals surface area contributed by atoms with Crippen LogP contribution in [0, 0.1) is 6.92 Å². The van der Waals surface area contributed by atoms with Gasteiger partial charge in [-0.2, -0.15) is 0 Å². The number of hydrogen-bond acceptors (Lipinski definition) is 6. The zero-order chi connectivity index (χ0) is 21.7. The number of nitrogens with zero attached hydrogens (tertiary/aromatic N) is 2. The lowest BCUT2D eigenvalue weighted by atomic mass is 10.2. The summed E-state index contributed by atoms with van der Waals surface area (Å²) in [6.45, 7) is 4.52. The van der Waals surface area contributed by atoms with Gasteiger partial charge in [-0.15, -0.1) is 0 Å². The van der Waals surface area contributed by atoms with Gasteiger partial charge in [0.2, 0.25) is 5.91 Å². The molecule has 1 amide bonds. The fourth-order valence-electron chi connectivity index (χ4n) is 3.05. The van der Waals surface area contributed by atoms with E-state index in [9.17, 15) is 9.59 Å². The Morgan fingerprint density at radius 1 is 1.27 bits per heavy atom. The SMILES string of the molecule is CCCCn1c(SCC(=O)Nc2ccc(OC)cc2OC)nc2cc(C)[nH]c2c1=O. The van der Waals surface area contributed by atoms with Gasteiger partial charge >= 0.3 is 0 Å². The first-order valence-corrected chi connectivity index (χ1v) is 10.7. The highest BCUT2D eigenvalue weighted by molar-refractivity contribution is 7.99. The van der Waals surface area contributed by atoms with E-state index in [4.69, 9.17) is 9.47 Å². The van der Waals surface area contributed by atoms with Gasteiger partial charge in [0.05, 0.1) is 31.2 Å². The van der Waals surface area contributed by atoms with Gasteiger partial charge < -0.3 is 19.8 Å². The summed E-state index contributed by atoms with van der Waals surface area (Å²) in [6.07, 6.45) is 1.81. The van der Waals surface area contributed by atoms with Crippen LogP contribution in [0.1, 0.15) is 25.5 Å². The van der Waals surface area contributed by atoms with Crippen LogP contribution in [0.4, 0.5) is 5.69 Å². The first-order chi connectivity index (χ1) is 14.5. The van der Waals surface area contributed by atoms with E-state index in [1.165, 1.54) is 18.9 Å². The Morgan fingerprint density at radius 3 is 2.77 bits per heavy atom. The smallest absolute Gasteiger partial charge is 0.278 e. The third-order valence-corrected chi connectivity index (χ3v) is 5.56. The summed E-state index contributed by atoms with van der Waals surface area (Å²) in [5.74, 6) is 1.04. The molecule has 2 heterocycles. The van der Waals surface area contributed by atoms with Crippen molar-refractivity contribution >= 4 is 34.4 Å². The predicted octanol–water partition coefficient (Wildman–Crippen LogP) is 3.58. The van der Waals surface area contributed by atoms with E-state index in [0.717, 1.165) is 18.5 Å². The Morgan fingerprint density at radius 2 is 2.07 bits per heavy atom. The minimum atomic E-state index is -0.217. The van der Waals surface area contributed by atoms with E-state index in [-0.39, 0.29) is 17.2 Å². The van der Waals surface area contributed by atoms with E-state index in [2.05, 4.69) is 22.2 Å². The Kier molecular flexibility index (Phi) is 7.04. The molecule has 0 unspecified atom stereocenters. The van der Waals surface area contributed by atoms with Gasteiger partial charge in [-0.05, 0) is 31.5 Å². The van der Waals surface area contributed by atoms with Crippen LogP contribution in [0.5, 0.6) is 11.5 Å². The summed E-state index contributed by atoms with van der Waals surface area (Å²) in [5, 5.41) is 3.38. The topological polar surface area (TPSA) is 98.2 Å². The second kappa shape index (κ2) is 9.71. The summed E-state index contributed by atoms with van der Waals surface area (Å²) in [5.41, 5.74) is 2.44. The molecule has 0 fully saturated rings. The number of benzene rings is 1. The molecule has 0 aliphatic rings. The summed E-state index contributed by atoms with van der Waals surface area (Å²) in [7, 11) is 3.10. The lowest BCUT2D eigenvalue weighted by Gasteiger charge is -2.13.